The van der Waals surface area contributed by atoms with E-state index in [4.69, 9.17) is 11.6 Å². The lowest BCUT2D eigenvalue weighted by molar-refractivity contribution is 0.918. The highest BCUT2D eigenvalue weighted by Gasteiger charge is 2.05. The quantitative estimate of drug-likeness (QED) is 0.511. The van der Waals surface area contributed by atoms with Crippen LogP contribution >= 0.6 is 11.6 Å². The van der Waals surface area contributed by atoms with Gasteiger partial charge in [-0.25, -0.2) is 15.0 Å². The molecule has 0 fully saturated rings. The summed E-state index contributed by atoms with van der Waals surface area (Å²) in [5.41, 5.74) is 1.45. The second-order valence-electron chi connectivity index (χ2n) is 4.22. The zero-order valence-corrected chi connectivity index (χ0v) is 11.9. The second kappa shape index (κ2) is 5.73. The van der Waals surface area contributed by atoms with Crippen molar-refractivity contribution in [3.63, 3.8) is 0 Å². The van der Waals surface area contributed by atoms with Crippen LogP contribution in [0, 0.1) is 18.8 Å². The van der Waals surface area contributed by atoms with Gasteiger partial charge in [0.25, 0.3) is 0 Å². The number of pyridine rings is 1. The van der Waals surface area contributed by atoms with Crippen molar-refractivity contribution >= 4 is 11.6 Å². The zero-order chi connectivity index (χ0) is 14.7. The highest BCUT2D eigenvalue weighted by Crippen LogP contribution is 2.09. The van der Waals surface area contributed by atoms with Crippen LogP contribution in [0.5, 0.6) is 0 Å². The number of imidazole rings is 1. The van der Waals surface area contributed by atoms with Crippen LogP contribution in [-0.4, -0.2) is 24.5 Å². The molecule has 21 heavy (non-hydrogen) atoms. The molecule has 0 radical (unpaired) electrons. The van der Waals surface area contributed by atoms with Gasteiger partial charge in [0.2, 0.25) is 0 Å². The van der Waals surface area contributed by atoms with Crippen LogP contribution in [0.2, 0.25) is 5.15 Å². The third-order valence-electron chi connectivity index (χ3n) is 2.74. The van der Waals surface area contributed by atoms with Crippen molar-refractivity contribution in [1.29, 1.82) is 0 Å². The maximum absolute atomic E-state index is 5.82. The molecule has 3 heterocycles. The Kier molecular flexibility index (Phi) is 3.63. The molecule has 102 valence electrons. The van der Waals surface area contributed by atoms with E-state index in [1.54, 1.807) is 36.9 Å². The minimum atomic E-state index is 0.420. The number of aromatic nitrogens is 5. The molecule has 0 saturated carbocycles. The summed E-state index contributed by atoms with van der Waals surface area (Å²) in [4.78, 5) is 16.6. The Balaban J connectivity index is 1.92. The number of aryl methyl sites for hydroxylation is 1. The third kappa shape index (κ3) is 3.07. The Morgan fingerprint density at radius 2 is 2.05 bits per heavy atom. The van der Waals surface area contributed by atoms with Crippen LogP contribution in [0.25, 0.3) is 5.82 Å². The van der Waals surface area contributed by atoms with Gasteiger partial charge in [0, 0.05) is 30.4 Å². The molecule has 0 unspecified atom stereocenters. The average Bonchev–Trinajstić information content (AvgIpc) is 2.87. The highest BCUT2D eigenvalue weighted by atomic mass is 35.5. The molecule has 0 bridgehead atoms. The fourth-order valence-electron chi connectivity index (χ4n) is 1.80. The van der Waals surface area contributed by atoms with Crippen LogP contribution in [-0.2, 0) is 0 Å². The molecule has 3 rings (SSSR count). The van der Waals surface area contributed by atoms with Crippen molar-refractivity contribution in [3.8, 4) is 17.7 Å². The summed E-state index contributed by atoms with van der Waals surface area (Å²) < 4.78 is 1.84. The third-order valence-corrected chi connectivity index (χ3v) is 2.95. The summed E-state index contributed by atoms with van der Waals surface area (Å²) in [5.74, 6) is 7.52. The van der Waals surface area contributed by atoms with Crippen molar-refractivity contribution in [2.45, 2.75) is 6.92 Å². The van der Waals surface area contributed by atoms with E-state index in [-0.39, 0.29) is 0 Å². The van der Waals surface area contributed by atoms with Gasteiger partial charge < -0.3 is 0 Å². The van der Waals surface area contributed by atoms with Gasteiger partial charge in [-0.1, -0.05) is 17.5 Å². The largest absolute Gasteiger partial charge is 0.286 e. The summed E-state index contributed by atoms with van der Waals surface area (Å²) in [6.07, 6.45) is 8.39. The number of hydrogen-bond acceptors (Lipinski definition) is 4. The topological polar surface area (TPSA) is 56.5 Å². The zero-order valence-electron chi connectivity index (χ0n) is 11.2. The van der Waals surface area contributed by atoms with Crippen molar-refractivity contribution < 1.29 is 0 Å². The van der Waals surface area contributed by atoms with Crippen molar-refractivity contribution in [2.24, 2.45) is 0 Å². The first-order chi connectivity index (χ1) is 10.2. The molecule has 0 aliphatic carbocycles. The van der Waals surface area contributed by atoms with Crippen molar-refractivity contribution in [1.82, 2.24) is 24.5 Å². The van der Waals surface area contributed by atoms with Gasteiger partial charge >= 0.3 is 0 Å². The van der Waals surface area contributed by atoms with Gasteiger partial charge in [0.15, 0.2) is 5.82 Å². The van der Waals surface area contributed by atoms with E-state index in [0.717, 1.165) is 11.4 Å². The molecule has 0 spiro atoms. The normalized spacial score (nSPS) is 10.0. The Labute approximate surface area is 126 Å². The average molecular weight is 296 g/mol. The fourth-order valence-corrected chi connectivity index (χ4v) is 1.97. The van der Waals surface area contributed by atoms with Crippen LogP contribution in [0.15, 0.2) is 43.1 Å². The first-order valence-corrected chi connectivity index (χ1v) is 6.56. The van der Waals surface area contributed by atoms with Gasteiger partial charge in [-0.2, -0.15) is 0 Å². The molecular weight excluding hydrogens is 286 g/mol. The number of hydrogen-bond donors (Lipinski definition) is 0. The van der Waals surface area contributed by atoms with Crippen molar-refractivity contribution in [3.05, 3.63) is 65.4 Å². The molecule has 0 N–H and O–H groups in total. The summed E-state index contributed by atoms with van der Waals surface area (Å²) in [7, 11) is 0. The molecule has 6 heteroatoms. The molecule has 0 aliphatic heterocycles. The molecule has 0 amide bonds. The van der Waals surface area contributed by atoms with Crippen LogP contribution in [0.1, 0.15) is 17.1 Å². The maximum atomic E-state index is 5.82. The number of halogens is 1. The van der Waals surface area contributed by atoms with Gasteiger partial charge in [-0.3, -0.25) is 9.55 Å². The number of nitrogens with zero attached hydrogens (tertiary/aromatic N) is 5. The molecule has 0 aromatic carbocycles. The van der Waals surface area contributed by atoms with Gasteiger partial charge in [-0.05, 0) is 25.0 Å². The molecule has 5 nitrogen and oxygen atoms in total. The summed E-state index contributed by atoms with van der Waals surface area (Å²) in [6, 6.07) is 3.51. The van der Waals surface area contributed by atoms with Gasteiger partial charge in [-0.15, -0.1) is 0 Å². The van der Waals surface area contributed by atoms with E-state index in [1.807, 2.05) is 17.7 Å². The standard InChI is InChI=1S/C15H10ClN5/c1-11-20-13(3-2-12-4-5-18-14(16)8-12)10-21(11)15-9-17-6-7-19-15/h4-10H,1H3. The summed E-state index contributed by atoms with van der Waals surface area (Å²) >= 11 is 5.82. The second-order valence-corrected chi connectivity index (χ2v) is 4.61. The summed E-state index contributed by atoms with van der Waals surface area (Å²) in [6.45, 7) is 1.89. The van der Waals surface area contributed by atoms with Crippen LogP contribution in [0.3, 0.4) is 0 Å². The van der Waals surface area contributed by atoms with E-state index >= 15 is 0 Å². The van der Waals surface area contributed by atoms with E-state index < -0.39 is 0 Å². The molecule has 3 aromatic rings. The maximum Gasteiger partial charge on any atom is 0.156 e. The minimum Gasteiger partial charge on any atom is -0.286 e. The Morgan fingerprint density at radius 1 is 1.14 bits per heavy atom. The van der Waals surface area contributed by atoms with E-state index in [1.165, 1.54) is 0 Å². The molecule has 0 saturated heterocycles. The lowest BCUT2D eigenvalue weighted by Gasteiger charge is -2.00. The van der Waals surface area contributed by atoms with Crippen molar-refractivity contribution in [2.75, 3.05) is 0 Å². The van der Waals surface area contributed by atoms with Gasteiger partial charge in [0.05, 0.1) is 6.20 Å². The SMILES string of the molecule is Cc1nc(C#Cc2ccnc(Cl)c2)cn1-c1cnccn1. The first-order valence-electron chi connectivity index (χ1n) is 6.18. The fraction of sp³-hybridized carbons (Fsp3) is 0.0667. The minimum absolute atomic E-state index is 0.420. The molecule has 0 atom stereocenters. The van der Waals surface area contributed by atoms with E-state index in [0.29, 0.717) is 16.7 Å². The highest BCUT2D eigenvalue weighted by molar-refractivity contribution is 6.29. The Morgan fingerprint density at radius 3 is 2.81 bits per heavy atom. The van der Waals surface area contributed by atoms with Crippen LogP contribution in [0.4, 0.5) is 0 Å². The number of rotatable bonds is 1. The Hall–Kier alpha value is -2.71. The van der Waals surface area contributed by atoms with Crippen LogP contribution < -0.4 is 0 Å². The van der Waals surface area contributed by atoms with E-state index in [2.05, 4.69) is 31.8 Å². The molecule has 3 aromatic heterocycles. The predicted molar refractivity (Wildman–Crippen MR) is 79.1 cm³/mol. The lowest BCUT2D eigenvalue weighted by Crippen LogP contribution is -1.98. The molecular formula is C15H10ClN5. The van der Waals surface area contributed by atoms with E-state index in [9.17, 15) is 0 Å². The first kappa shape index (κ1) is 13.3. The van der Waals surface area contributed by atoms with Gasteiger partial charge in [0.1, 0.15) is 16.7 Å². The smallest absolute Gasteiger partial charge is 0.156 e. The molecule has 0 aliphatic rings. The Bertz CT molecular complexity index is 830. The predicted octanol–water partition coefficient (Wildman–Crippen LogP) is 2.42. The lowest BCUT2D eigenvalue weighted by atomic mass is 10.3. The summed E-state index contributed by atoms with van der Waals surface area (Å²) in [5, 5.41) is 0.420. The monoisotopic (exact) mass is 295 g/mol.